The molecule has 142 valence electrons. The molecule has 0 amide bonds. The third kappa shape index (κ3) is 4.49. The van der Waals surface area contributed by atoms with Crippen molar-refractivity contribution in [2.24, 2.45) is 0 Å². The highest BCUT2D eigenvalue weighted by Gasteiger charge is 2.13. The highest BCUT2D eigenvalue weighted by Crippen LogP contribution is 2.27. The minimum absolute atomic E-state index is 0.00818. The lowest BCUT2D eigenvalue weighted by molar-refractivity contribution is 0.455. The zero-order chi connectivity index (χ0) is 19.4. The Balaban J connectivity index is 1.72. The lowest BCUT2D eigenvalue weighted by Crippen LogP contribution is -2.14. The third-order valence-electron chi connectivity index (χ3n) is 4.35. The molecule has 3 aromatic rings. The second-order valence-corrected chi connectivity index (χ2v) is 8.28. The van der Waals surface area contributed by atoms with Crippen molar-refractivity contribution in [1.82, 2.24) is 0 Å². The van der Waals surface area contributed by atoms with Gasteiger partial charge in [0.25, 0.3) is 0 Å². The maximum atomic E-state index is 12.1. The van der Waals surface area contributed by atoms with Gasteiger partial charge in [-0.05, 0) is 56.0 Å². The molecule has 0 saturated heterocycles. The van der Waals surface area contributed by atoms with Crippen LogP contribution in [0.15, 0.2) is 57.7 Å². The summed E-state index contributed by atoms with van der Waals surface area (Å²) in [7, 11) is -3.32. The molecular weight excluding hydrogens is 366 g/mol. The number of hydrogen-bond acceptors (Lipinski definition) is 5. The quantitative estimate of drug-likeness (QED) is 0.606. The fourth-order valence-corrected chi connectivity index (χ4v) is 3.53. The van der Waals surface area contributed by atoms with E-state index in [1.54, 1.807) is 49.4 Å². The lowest BCUT2D eigenvalue weighted by Gasteiger charge is -2.09. The first-order valence-electron chi connectivity index (χ1n) is 8.73. The molecule has 0 atom stereocenters. The van der Waals surface area contributed by atoms with E-state index in [1.165, 1.54) is 0 Å². The van der Waals surface area contributed by atoms with E-state index in [-0.39, 0.29) is 17.1 Å². The number of hydrogen-bond donors (Lipinski definition) is 2. The second kappa shape index (κ2) is 7.84. The number of aromatic hydroxyl groups is 1. The Bertz CT molecular complexity index is 1120. The molecular formula is C20H21NO5S. The van der Waals surface area contributed by atoms with Crippen LogP contribution < -0.4 is 10.3 Å². The number of aryl methyl sites for hydroxylation is 1. The minimum atomic E-state index is -3.32. The number of sulfonamides is 1. The van der Waals surface area contributed by atoms with Gasteiger partial charge in [-0.15, -0.1) is 0 Å². The normalized spacial score (nSPS) is 11.6. The smallest absolute Gasteiger partial charge is 0.343 e. The van der Waals surface area contributed by atoms with Gasteiger partial charge in [-0.3, -0.25) is 4.72 Å². The molecule has 0 aliphatic heterocycles. The summed E-state index contributed by atoms with van der Waals surface area (Å²) in [5.74, 6) is -0.0276. The van der Waals surface area contributed by atoms with E-state index in [1.807, 2.05) is 6.07 Å². The van der Waals surface area contributed by atoms with Crippen LogP contribution in [0.5, 0.6) is 5.75 Å². The molecule has 27 heavy (non-hydrogen) atoms. The molecule has 0 unspecified atom stereocenters. The Morgan fingerprint density at radius 3 is 2.63 bits per heavy atom. The number of anilines is 1. The van der Waals surface area contributed by atoms with Crippen molar-refractivity contribution in [3.05, 3.63) is 70.1 Å². The summed E-state index contributed by atoms with van der Waals surface area (Å²) >= 11 is 0. The first kappa shape index (κ1) is 19.0. The second-order valence-electron chi connectivity index (χ2n) is 6.27. The van der Waals surface area contributed by atoms with Gasteiger partial charge >= 0.3 is 5.63 Å². The summed E-state index contributed by atoms with van der Waals surface area (Å²) in [6, 6.07) is 14.0. The molecule has 0 radical (unpaired) electrons. The zero-order valence-electron chi connectivity index (χ0n) is 14.9. The van der Waals surface area contributed by atoms with E-state index < -0.39 is 15.6 Å². The van der Waals surface area contributed by atoms with Crippen molar-refractivity contribution in [3.8, 4) is 5.75 Å². The fraction of sp³-hybridized carbons (Fsp3) is 0.250. The number of para-hydroxylation sites is 1. The molecule has 0 bridgehead atoms. The van der Waals surface area contributed by atoms with Crippen LogP contribution >= 0.6 is 0 Å². The van der Waals surface area contributed by atoms with Crippen LogP contribution in [0.1, 0.15) is 24.5 Å². The van der Waals surface area contributed by atoms with Crippen molar-refractivity contribution >= 4 is 26.7 Å². The molecule has 6 nitrogen and oxygen atoms in total. The molecule has 1 aromatic heterocycles. The molecule has 2 aromatic carbocycles. The molecule has 1 heterocycles. The van der Waals surface area contributed by atoms with Gasteiger partial charge in [0.05, 0.1) is 16.7 Å². The maximum absolute atomic E-state index is 12.1. The SMILES string of the molecule is CCS(=O)(=O)Nc1cccc(CCCc2c(O)c3ccccc3oc2=O)c1. The van der Waals surface area contributed by atoms with Crippen molar-refractivity contribution in [1.29, 1.82) is 0 Å². The van der Waals surface area contributed by atoms with Gasteiger partial charge in [-0.25, -0.2) is 13.2 Å². The molecule has 3 rings (SSSR count). The van der Waals surface area contributed by atoms with Gasteiger partial charge < -0.3 is 9.52 Å². The maximum Gasteiger partial charge on any atom is 0.343 e. The van der Waals surface area contributed by atoms with Crippen LogP contribution in [-0.2, 0) is 22.9 Å². The molecule has 0 fully saturated rings. The predicted octanol–water partition coefficient (Wildman–Crippen LogP) is 3.44. The van der Waals surface area contributed by atoms with Crippen LogP contribution in [0.3, 0.4) is 0 Å². The highest BCUT2D eigenvalue weighted by molar-refractivity contribution is 7.92. The standard InChI is InChI=1S/C20H21NO5S/c1-2-27(24,25)21-15-9-5-7-14(13-15)8-6-11-17-19(22)16-10-3-4-12-18(16)26-20(17)23/h3-5,7,9-10,12-13,21-22H,2,6,8,11H2,1H3. The van der Waals surface area contributed by atoms with Crippen molar-refractivity contribution in [2.45, 2.75) is 26.2 Å². The van der Waals surface area contributed by atoms with Crippen LogP contribution in [0.4, 0.5) is 5.69 Å². The molecule has 2 N–H and O–H groups in total. The van der Waals surface area contributed by atoms with E-state index in [4.69, 9.17) is 4.42 Å². The van der Waals surface area contributed by atoms with Crippen molar-refractivity contribution in [2.75, 3.05) is 10.5 Å². The largest absolute Gasteiger partial charge is 0.507 e. The summed E-state index contributed by atoms with van der Waals surface area (Å²) in [4.78, 5) is 12.1. The third-order valence-corrected chi connectivity index (χ3v) is 5.66. The fourth-order valence-electron chi connectivity index (χ4n) is 2.90. The summed E-state index contributed by atoms with van der Waals surface area (Å²) in [6.45, 7) is 1.58. The van der Waals surface area contributed by atoms with E-state index in [0.717, 1.165) is 5.56 Å². The van der Waals surface area contributed by atoms with E-state index in [0.29, 0.717) is 35.9 Å². The van der Waals surface area contributed by atoms with Gasteiger partial charge in [0.2, 0.25) is 10.0 Å². The average molecular weight is 387 g/mol. The number of fused-ring (bicyclic) bond motifs is 1. The lowest BCUT2D eigenvalue weighted by atomic mass is 10.0. The average Bonchev–Trinajstić information content (AvgIpc) is 2.64. The summed E-state index contributed by atoms with van der Waals surface area (Å²) < 4.78 is 31.1. The first-order chi connectivity index (χ1) is 12.9. The monoisotopic (exact) mass is 387 g/mol. The van der Waals surface area contributed by atoms with Crippen molar-refractivity contribution < 1.29 is 17.9 Å². The zero-order valence-corrected chi connectivity index (χ0v) is 15.8. The Morgan fingerprint density at radius 2 is 1.85 bits per heavy atom. The van der Waals surface area contributed by atoms with Crippen LogP contribution in [-0.4, -0.2) is 19.3 Å². The highest BCUT2D eigenvalue weighted by atomic mass is 32.2. The first-order valence-corrected chi connectivity index (χ1v) is 10.4. The summed E-state index contributed by atoms with van der Waals surface area (Å²) in [6.07, 6.45) is 1.61. The van der Waals surface area contributed by atoms with Crippen LogP contribution in [0.2, 0.25) is 0 Å². The van der Waals surface area contributed by atoms with E-state index in [2.05, 4.69) is 4.72 Å². The van der Waals surface area contributed by atoms with Gasteiger partial charge in [0.15, 0.2) is 0 Å². The molecule has 0 aliphatic rings. The Hall–Kier alpha value is -2.80. The minimum Gasteiger partial charge on any atom is -0.507 e. The van der Waals surface area contributed by atoms with E-state index in [9.17, 15) is 18.3 Å². The van der Waals surface area contributed by atoms with Gasteiger partial charge in [-0.1, -0.05) is 24.3 Å². The molecule has 0 spiro atoms. The van der Waals surface area contributed by atoms with Crippen LogP contribution in [0.25, 0.3) is 11.0 Å². The molecule has 0 saturated carbocycles. The Kier molecular flexibility index (Phi) is 5.51. The van der Waals surface area contributed by atoms with Crippen molar-refractivity contribution in [3.63, 3.8) is 0 Å². The molecule has 0 aliphatic carbocycles. The van der Waals surface area contributed by atoms with E-state index >= 15 is 0 Å². The summed E-state index contributed by atoms with van der Waals surface area (Å²) in [5, 5.41) is 10.9. The van der Waals surface area contributed by atoms with Gasteiger partial charge in [-0.2, -0.15) is 0 Å². The van der Waals surface area contributed by atoms with Crippen LogP contribution in [0, 0.1) is 0 Å². The van der Waals surface area contributed by atoms with Gasteiger partial charge in [0.1, 0.15) is 11.3 Å². The number of benzene rings is 2. The number of nitrogens with one attached hydrogen (secondary N) is 1. The Labute approximate surface area is 157 Å². The van der Waals surface area contributed by atoms with Gasteiger partial charge in [0, 0.05) is 5.69 Å². The Morgan fingerprint density at radius 1 is 1.07 bits per heavy atom. The topological polar surface area (TPSA) is 96.6 Å². The number of rotatable bonds is 7. The summed E-state index contributed by atoms with van der Waals surface area (Å²) in [5.41, 5.74) is 1.55. The molecule has 7 heteroatoms. The predicted molar refractivity (Wildman–Crippen MR) is 106 cm³/mol.